The summed E-state index contributed by atoms with van der Waals surface area (Å²) in [7, 11) is 0. The molecule has 90 valence electrons. The third kappa shape index (κ3) is 2.74. The lowest BCUT2D eigenvalue weighted by molar-refractivity contribution is 0.0514. The van der Waals surface area contributed by atoms with Crippen molar-refractivity contribution in [2.45, 2.75) is 18.2 Å². The lowest BCUT2D eigenvalue weighted by Gasteiger charge is -2.11. The Bertz CT molecular complexity index is 483. The van der Waals surface area contributed by atoms with E-state index < -0.39 is 23.5 Å². The molecule has 0 amide bonds. The summed E-state index contributed by atoms with van der Waals surface area (Å²) in [5, 5.41) is 8.81. The molecule has 3 nitrogen and oxygen atoms in total. The van der Waals surface area contributed by atoms with Gasteiger partial charge in [-0.1, -0.05) is 0 Å². The number of benzene rings is 1. The molecule has 6 heteroatoms. The van der Waals surface area contributed by atoms with Crippen molar-refractivity contribution in [1.29, 1.82) is 5.26 Å². The van der Waals surface area contributed by atoms with Gasteiger partial charge in [0.1, 0.15) is 6.07 Å². The van der Waals surface area contributed by atoms with Crippen LogP contribution in [0.25, 0.3) is 0 Å². The molecular weight excluding hydrogens is 248 g/mol. The highest BCUT2D eigenvalue weighted by Gasteiger charge is 2.25. The van der Waals surface area contributed by atoms with Gasteiger partial charge in [-0.25, -0.2) is 13.6 Å². The minimum absolute atomic E-state index is 0.0398. The van der Waals surface area contributed by atoms with Gasteiger partial charge in [0.25, 0.3) is 6.43 Å². The molecule has 0 spiro atoms. The second-order valence-electron chi connectivity index (χ2n) is 3.05. The number of ether oxygens (including phenoxy) is 1. The molecule has 0 fully saturated rings. The van der Waals surface area contributed by atoms with Crippen molar-refractivity contribution >= 4 is 18.6 Å². The number of halogens is 2. The van der Waals surface area contributed by atoms with Crippen molar-refractivity contribution < 1.29 is 18.3 Å². The van der Waals surface area contributed by atoms with E-state index >= 15 is 0 Å². The molecule has 0 heterocycles. The summed E-state index contributed by atoms with van der Waals surface area (Å²) in [5.74, 6) is -0.935. The van der Waals surface area contributed by atoms with Gasteiger partial charge in [0.05, 0.1) is 17.7 Å². The SMILES string of the molecule is CCOC(=O)c1c(C#N)ccc(S)c1C(F)F. The van der Waals surface area contributed by atoms with Gasteiger partial charge in [-0.2, -0.15) is 5.26 Å². The number of rotatable bonds is 3. The molecule has 1 aromatic carbocycles. The smallest absolute Gasteiger partial charge is 0.340 e. The molecule has 1 aromatic rings. The molecule has 0 aliphatic rings. The Morgan fingerprint density at radius 1 is 1.59 bits per heavy atom. The van der Waals surface area contributed by atoms with E-state index in [-0.39, 0.29) is 17.1 Å². The first-order valence-electron chi connectivity index (χ1n) is 4.74. The van der Waals surface area contributed by atoms with Crippen LogP contribution in [-0.2, 0) is 4.74 Å². The lowest BCUT2D eigenvalue weighted by atomic mass is 10.0. The largest absolute Gasteiger partial charge is 0.462 e. The number of esters is 1. The molecule has 0 bridgehead atoms. The Balaban J connectivity index is 3.47. The average Bonchev–Trinajstić information content (AvgIpc) is 2.28. The van der Waals surface area contributed by atoms with Crippen LogP contribution >= 0.6 is 12.6 Å². The van der Waals surface area contributed by atoms with E-state index in [1.807, 2.05) is 0 Å². The van der Waals surface area contributed by atoms with E-state index in [0.29, 0.717) is 0 Å². The second-order valence-corrected chi connectivity index (χ2v) is 3.54. The fourth-order valence-corrected chi connectivity index (χ4v) is 1.63. The van der Waals surface area contributed by atoms with Crippen LogP contribution in [0.1, 0.15) is 34.8 Å². The third-order valence-corrected chi connectivity index (χ3v) is 2.43. The van der Waals surface area contributed by atoms with E-state index in [1.165, 1.54) is 12.1 Å². The number of carbonyl (C=O) groups excluding carboxylic acids is 1. The van der Waals surface area contributed by atoms with Crippen molar-refractivity contribution in [2.24, 2.45) is 0 Å². The van der Waals surface area contributed by atoms with Crippen LogP contribution in [0.4, 0.5) is 8.78 Å². The normalized spacial score (nSPS) is 10.1. The van der Waals surface area contributed by atoms with E-state index in [4.69, 9.17) is 5.26 Å². The van der Waals surface area contributed by atoms with Crippen molar-refractivity contribution in [1.82, 2.24) is 0 Å². The summed E-state index contributed by atoms with van der Waals surface area (Å²) in [6.45, 7) is 1.60. The van der Waals surface area contributed by atoms with E-state index in [0.717, 1.165) is 0 Å². The van der Waals surface area contributed by atoms with Crippen molar-refractivity contribution in [2.75, 3.05) is 6.61 Å². The molecule has 0 aliphatic heterocycles. The zero-order valence-electron chi connectivity index (χ0n) is 8.91. The van der Waals surface area contributed by atoms with Gasteiger partial charge < -0.3 is 4.74 Å². The highest BCUT2D eigenvalue weighted by Crippen LogP contribution is 2.31. The van der Waals surface area contributed by atoms with E-state index in [9.17, 15) is 13.6 Å². The van der Waals surface area contributed by atoms with Crippen molar-refractivity contribution in [3.63, 3.8) is 0 Å². The first-order chi connectivity index (χ1) is 8.02. The maximum atomic E-state index is 12.8. The van der Waals surface area contributed by atoms with Crippen LogP contribution in [0.3, 0.4) is 0 Å². The molecule has 0 N–H and O–H groups in total. The number of thiol groups is 1. The summed E-state index contributed by atoms with van der Waals surface area (Å²) in [6, 6.07) is 4.21. The number of hydrogen-bond acceptors (Lipinski definition) is 4. The standard InChI is InChI=1S/C11H9F2NO2S/c1-2-16-11(15)8-6(5-14)3-4-7(17)9(8)10(12)13/h3-4,10,17H,2H2,1H3. The van der Waals surface area contributed by atoms with Crippen LogP contribution in [0, 0.1) is 11.3 Å². The molecule has 0 unspecified atom stereocenters. The monoisotopic (exact) mass is 257 g/mol. The quantitative estimate of drug-likeness (QED) is 0.669. The number of alkyl halides is 2. The lowest BCUT2D eigenvalue weighted by Crippen LogP contribution is -2.11. The molecule has 0 atom stereocenters. The first kappa shape index (κ1) is 13.5. The van der Waals surface area contributed by atoms with E-state index in [2.05, 4.69) is 17.4 Å². The molecule has 0 aromatic heterocycles. The van der Waals surface area contributed by atoms with E-state index in [1.54, 1.807) is 13.0 Å². The molecule has 0 aliphatic carbocycles. The Kier molecular flexibility index (Phi) is 4.46. The molecule has 0 saturated heterocycles. The average molecular weight is 257 g/mol. The zero-order chi connectivity index (χ0) is 13.0. The predicted octanol–water partition coefficient (Wildman–Crippen LogP) is 2.96. The van der Waals surface area contributed by atoms with Gasteiger partial charge in [0.15, 0.2) is 0 Å². The predicted molar refractivity (Wildman–Crippen MR) is 59.3 cm³/mol. The molecular formula is C11H9F2NO2S. The highest BCUT2D eigenvalue weighted by molar-refractivity contribution is 7.80. The van der Waals surface area contributed by atoms with Gasteiger partial charge in [0.2, 0.25) is 0 Å². The van der Waals surface area contributed by atoms with Crippen LogP contribution < -0.4 is 0 Å². The van der Waals surface area contributed by atoms with Crippen LogP contribution in [0.5, 0.6) is 0 Å². The van der Waals surface area contributed by atoms with Crippen molar-refractivity contribution in [3.8, 4) is 6.07 Å². The summed E-state index contributed by atoms with van der Waals surface area (Å²) in [5.41, 5.74) is -1.11. The van der Waals surface area contributed by atoms with Gasteiger partial charge in [-0.15, -0.1) is 12.6 Å². The van der Waals surface area contributed by atoms with Gasteiger partial charge in [-0.3, -0.25) is 0 Å². The first-order valence-corrected chi connectivity index (χ1v) is 5.18. The molecule has 0 saturated carbocycles. The number of nitriles is 1. The third-order valence-electron chi connectivity index (χ3n) is 2.04. The summed E-state index contributed by atoms with van der Waals surface area (Å²) < 4.78 is 30.3. The van der Waals surface area contributed by atoms with Crippen LogP contribution in [0.15, 0.2) is 17.0 Å². The summed E-state index contributed by atoms with van der Waals surface area (Å²) >= 11 is 3.86. The Hall–Kier alpha value is -1.61. The zero-order valence-corrected chi connectivity index (χ0v) is 9.80. The fourth-order valence-electron chi connectivity index (χ4n) is 1.35. The number of nitrogens with zero attached hydrogens (tertiary/aromatic N) is 1. The molecule has 1 rings (SSSR count). The highest BCUT2D eigenvalue weighted by atomic mass is 32.1. The fraction of sp³-hybridized carbons (Fsp3) is 0.273. The van der Waals surface area contributed by atoms with Gasteiger partial charge >= 0.3 is 5.97 Å². The molecule has 17 heavy (non-hydrogen) atoms. The minimum Gasteiger partial charge on any atom is -0.462 e. The number of hydrogen-bond donors (Lipinski definition) is 1. The Morgan fingerprint density at radius 3 is 2.71 bits per heavy atom. The summed E-state index contributed by atoms with van der Waals surface area (Å²) in [4.78, 5) is 11.5. The molecule has 0 radical (unpaired) electrons. The second kappa shape index (κ2) is 5.64. The minimum atomic E-state index is -2.89. The van der Waals surface area contributed by atoms with Crippen molar-refractivity contribution in [3.05, 3.63) is 28.8 Å². The van der Waals surface area contributed by atoms with Gasteiger partial charge in [-0.05, 0) is 19.1 Å². The van der Waals surface area contributed by atoms with Crippen LogP contribution in [-0.4, -0.2) is 12.6 Å². The maximum Gasteiger partial charge on any atom is 0.340 e. The summed E-state index contributed by atoms with van der Waals surface area (Å²) in [6.07, 6.45) is -2.89. The van der Waals surface area contributed by atoms with Gasteiger partial charge in [0, 0.05) is 10.5 Å². The Labute approximate surface area is 102 Å². The topological polar surface area (TPSA) is 50.1 Å². The maximum absolute atomic E-state index is 12.8. The number of carbonyl (C=O) groups is 1. The van der Waals surface area contributed by atoms with Crippen LogP contribution in [0.2, 0.25) is 0 Å². The Morgan fingerprint density at radius 2 is 2.24 bits per heavy atom.